The Hall–Kier alpha value is -1.59. The third-order valence-electron chi connectivity index (χ3n) is 2.98. The van der Waals surface area contributed by atoms with E-state index in [1.165, 1.54) is 4.90 Å². The summed E-state index contributed by atoms with van der Waals surface area (Å²) in [5, 5.41) is 18.2. The second-order valence-electron chi connectivity index (χ2n) is 4.46. The van der Waals surface area contributed by atoms with Crippen molar-refractivity contribution in [2.45, 2.75) is 25.4 Å². The molecule has 0 saturated heterocycles. The van der Waals surface area contributed by atoms with Crippen LogP contribution in [0.5, 0.6) is 5.75 Å². The van der Waals surface area contributed by atoms with Gasteiger partial charge in [-0.3, -0.25) is 4.79 Å². The Balaban J connectivity index is 2.62. The van der Waals surface area contributed by atoms with E-state index in [1.54, 1.807) is 38.2 Å². The van der Waals surface area contributed by atoms with E-state index >= 15 is 0 Å². The number of phenols is 1. The van der Waals surface area contributed by atoms with Crippen LogP contribution in [0.3, 0.4) is 0 Å². The smallest absolute Gasteiger partial charge is 0.239 e. The fraction of sp³-hybridized carbons (Fsp3) is 0.462. The molecular weight excluding hydrogens is 232 g/mol. The van der Waals surface area contributed by atoms with Gasteiger partial charge >= 0.3 is 0 Å². The summed E-state index contributed by atoms with van der Waals surface area (Å²) in [5.74, 6) is -0.0192. The molecule has 0 spiro atoms. The van der Waals surface area contributed by atoms with Gasteiger partial charge in [0.2, 0.25) is 5.91 Å². The molecule has 1 rings (SSSR count). The number of rotatable bonds is 5. The first-order valence-electron chi connectivity index (χ1n) is 5.86. The highest BCUT2D eigenvalue weighted by atomic mass is 16.3. The number of aromatic hydroxyl groups is 1. The molecule has 0 bridgehead atoms. The van der Waals surface area contributed by atoms with Gasteiger partial charge in [0.05, 0.1) is 18.7 Å². The van der Waals surface area contributed by atoms with Crippen LogP contribution in [0.4, 0.5) is 0 Å². The number of aliphatic hydroxyl groups excluding tert-OH is 1. The molecule has 5 nitrogen and oxygen atoms in total. The van der Waals surface area contributed by atoms with Crippen LogP contribution in [-0.2, 0) is 11.2 Å². The van der Waals surface area contributed by atoms with Gasteiger partial charge < -0.3 is 20.8 Å². The van der Waals surface area contributed by atoms with Crippen LogP contribution in [0, 0.1) is 0 Å². The Morgan fingerprint density at radius 2 is 1.94 bits per heavy atom. The Morgan fingerprint density at radius 3 is 2.44 bits per heavy atom. The van der Waals surface area contributed by atoms with Crippen LogP contribution in [0.15, 0.2) is 24.3 Å². The summed E-state index contributed by atoms with van der Waals surface area (Å²) < 4.78 is 0. The van der Waals surface area contributed by atoms with Crippen molar-refractivity contribution in [2.24, 2.45) is 5.73 Å². The van der Waals surface area contributed by atoms with Crippen LogP contribution in [0.1, 0.15) is 12.5 Å². The first-order chi connectivity index (χ1) is 8.45. The molecule has 5 heteroatoms. The highest BCUT2D eigenvalue weighted by molar-refractivity contribution is 5.82. The number of benzene rings is 1. The van der Waals surface area contributed by atoms with Gasteiger partial charge in [-0.25, -0.2) is 0 Å². The molecule has 0 fully saturated rings. The predicted octanol–water partition coefficient (Wildman–Crippen LogP) is 0.101. The van der Waals surface area contributed by atoms with Crippen molar-refractivity contribution in [1.82, 2.24) is 4.90 Å². The normalized spacial score (nSPS) is 14.0. The lowest BCUT2D eigenvalue weighted by molar-refractivity contribution is -0.133. The highest BCUT2D eigenvalue weighted by Gasteiger charge is 2.21. The SMILES string of the molecule is CC(CO)N(C)C(=O)[C@@H](N)Cc1ccc(O)cc1. The van der Waals surface area contributed by atoms with Crippen molar-refractivity contribution in [1.29, 1.82) is 0 Å². The number of aliphatic hydroxyl groups is 1. The Labute approximate surface area is 107 Å². The second kappa shape index (κ2) is 6.37. The summed E-state index contributed by atoms with van der Waals surface area (Å²) >= 11 is 0. The lowest BCUT2D eigenvalue weighted by atomic mass is 10.1. The second-order valence-corrected chi connectivity index (χ2v) is 4.46. The molecule has 1 aromatic carbocycles. The minimum atomic E-state index is -0.645. The van der Waals surface area contributed by atoms with Gasteiger partial charge in [0, 0.05) is 7.05 Å². The van der Waals surface area contributed by atoms with Gasteiger partial charge in [-0.15, -0.1) is 0 Å². The number of phenolic OH excluding ortho intramolecular Hbond substituents is 1. The third-order valence-corrected chi connectivity index (χ3v) is 2.98. The minimum Gasteiger partial charge on any atom is -0.508 e. The maximum absolute atomic E-state index is 12.0. The van der Waals surface area contributed by atoms with Crippen LogP contribution in [0.25, 0.3) is 0 Å². The highest BCUT2D eigenvalue weighted by Crippen LogP contribution is 2.11. The van der Waals surface area contributed by atoms with Gasteiger partial charge in [0.25, 0.3) is 0 Å². The van der Waals surface area contributed by atoms with Gasteiger partial charge in [-0.05, 0) is 31.0 Å². The molecule has 0 radical (unpaired) electrons. The van der Waals surface area contributed by atoms with E-state index < -0.39 is 6.04 Å². The fourth-order valence-electron chi connectivity index (χ4n) is 1.57. The Morgan fingerprint density at radius 1 is 1.39 bits per heavy atom. The van der Waals surface area contributed by atoms with E-state index in [4.69, 9.17) is 15.9 Å². The van der Waals surface area contributed by atoms with Crippen LogP contribution in [-0.4, -0.2) is 46.8 Å². The number of hydrogen-bond donors (Lipinski definition) is 3. The molecule has 0 heterocycles. The number of amides is 1. The van der Waals surface area contributed by atoms with Crippen molar-refractivity contribution < 1.29 is 15.0 Å². The monoisotopic (exact) mass is 252 g/mol. The van der Waals surface area contributed by atoms with Crippen molar-refractivity contribution in [3.8, 4) is 5.75 Å². The average molecular weight is 252 g/mol. The molecule has 1 amide bonds. The Kier molecular flexibility index (Phi) is 5.12. The zero-order valence-electron chi connectivity index (χ0n) is 10.7. The molecule has 4 N–H and O–H groups in total. The molecule has 2 atom stereocenters. The van der Waals surface area contributed by atoms with E-state index in [0.717, 1.165) is 5.56 Å². The van der Waals surface area contributed by atoms with Crippen LogP contribution < -0.4 is 5.73 Å². The summed E-state index contributed by atoms with van der Waals surface area (Å²) in [4.78, 5) is 13.4. The summed E-state index contributed by atoms with van der Waals surface area (Å²) in [6.07, 6.45) is 0.404. The number of likely N-dealkylation sites (N-methyl/N-ethyl adjacent to an activating group) is 1. The summed E-state index contributed by atoms with van der Waals surface area (Å²) in [6.45, 7) is 1.67. The largest absolute Gasteiger partial charge is 0.508 e. The number of hydrogen-bond acceptors (Lipinski definition) is 4. The molecule has 0 aliphatic carbocycles. The van der Waals surface area contributed by atoms with Gasteiger partial charge in [-0.1, -0.05) is 12.1 Å². The first kappa shape index (κ1) is 14.5. The topological polar surface area (TPSA) is 86.8 Å². The molecule has 0 aromatic heterocycles. The van der Waals surface area contributed by atoms with Crippen molar-refractivity contribution in [2.75, 3.05) is 13.7 Å². The maximum Gasteiger partial charge on any atom is 0.239 e. The van der Waals surface area contributed by atoms with Gasteiger partial charge in [0.1, 0.15) is 5.75 Å². The molecule has 18 heavy (non-hydrogen) atoms. The van der Waals surface area contributed by atoms with Crippen LogP contribution in [0.2, 0.25) is 0 Å². The zero-order chi connectivity index (χ0) is 13.7. The molecule has 1 aromatic rings. The van der Waals surface area contributed by atoms with E-state index in [-0.39, 0.29) is 24.3 Å². The Bertz CT molecular complexity index is 392. The molecule has 0 aliphatic heterocycles. The van der Waals surface area contributed by atoms with E-state index in [1.807, 2.05) is 0 Å². The predicted molar refractivity (Wildman–Crippen MR) is 69.1 cm³/mol. The lowest BCUT2D eigenvalue weighted by Gasteiger charge is -2.26. The number of carbonyl (C=O) groups excluding carboxylic acids is 1. The summed E-state index contributed by atoms with van der Waals surface area (Å²) in [6, 6.07) is 5.70. The number of nitrogens with two attached hydrogens (primary N) is 1. The quantitative estimate of drug-likeness (QED) is 0.693. The standard InChI is InChI=1S/C13H20N2O3/c1-9(8-16)15(2)13(18)12(14)7-10-3-5-11(17)6-4-10/h3-6,9,12,16-17H,7-8,14H2,1-2H3/t9?,12-/m0/s1. The van der Waals surface area contributed by atoms with E-state index in [9.17, 15) is 4.79 Å². The van der Waals surface area contributed by atoms with Gasteiger partial charge in [-0.2, -0.15) is 0 Å². The fourth-order valence-corrected chi connectivity index (χ4v) is 1.57. The van der Waals surface area contributed by atoms with Crippen molar-refractivity contribution in [3.05, 3.63) is 29.8 Å². The molecule has 0 aliphatic rings. The number of carbonyl (C=O) groups is 1. The van der Waals surface area contributed by atoms with E-state index in [0.29, 0.717) is 6.42 Å². The minimum absolute atomic E-state index is 0.0891. The average Bonchev–Trinajstić information content (AvgIpc) is 2.38. The van der Waals surface area contributed by atoms with Crippen molar-refractivity contribution in [3.63, 3.8) is 0 Å². The first-order valence-corrected chi connectivity index (χ1v) is 5.86. The summed E-state index contributed by atoms with van der Waals surface area (Å²) in [5.41, 5.74) is 6.73. The van der Waals surface area contributed by atoms with E-state index in [2.05, 4.69) is 0 Å². The van der Waals surface area contributed by atoms with Crippen LogP contribution >= 0.6 is 0 Å². The molecular formula is C13H20N2O3. The molecule has 100 valence electrons. The lowest BCUT2D eigenvalue weighted by Crippen LogP contribution is -2.47. The van der Waals surface area contributed by atoms with Gasteiger partial charge in [0.15, 0.2) is 0 Å². The third kappa shape index (κ3) is 3.72. The van der Waals surface area contributed by atoms with Crippen molar-refractivity contribution >= 4 is 5.91 Å². The zero-order valence-corrected chi connectivity index (χ0v) is 10.7. The molecule has 1 unspecified atom stereocenters. The molecule has 0 saturated carbocycles. The summed E-state index contributed by atoms with van der Waals surface area (Å²) in [7, 11) is 1.62. The number of nitrogens with zero attached hydrogens (tertiary/aromatic N) is 1. The maximum atomic E-state index is 12.0.